The topological polar surface area (TPSA) is 75.6 Å². The van der Waals surface area contributed by atoms with Crippen LogP contribution in [0.15, 0.2) is 63.6 Å². The zero-order chi connectivity index (χ0) is 16.9. The van der Waals surface area contributed by atoms with Crippen LogP contribution in [0.2, 0.25) is 0 Å². The quantitative estimate of drug-likeness (QED) is 0.696. The van der Waals surface area contributed by atoms with Gasteiger partial charge in [-0.15, -0.1) is 0 Å². The molecule has 0 aliphatic heterocycles. The maximum absolute atomic E-state index is 11.9. The first-order valence-electron chi connectivity index (χ1n) is 7.49. The first-order valence-corrected chi connectivity index (χ1v) is 7.49. The van der Waals surface area contributed by atoms with Gasteiger partial charge in [0.2, 0.25) is 5.91 Å². The number of amides is 1. The van der Waals surface area contributed by atoms with Gasteiger partial charge in [0.15, 0.2) is 0 Å². The largest absolute Gasteiger partial charge is 0.465 e. The van der Waals surface area contributed by atoms with Crippen molar-refractivity contribution in [2.75, 3.05) is 5.32 Å². The Labute approximate surface area is 139 Å². The summed E-state index contributed by atoms with van der Waals surface area (Å²) in [6.07, 6.45) is 4.58. The highest BCUT2D eigenvalue weighted by molar-refractivity contribution is 6.01. The maximum atomic E-state index is 11.9. The summed E-state index contributed by atoms with van der Waals surface area (Å²) in [5.74, 6) is 1.59. The van der Waals surface area contributed by atoms with Gasteiger partial charge >= 0.3 is 0 Å². The fourth-order valence-corrected chi connectivity index (χ4v) is 2.35. The Hall–Kier alpha value is -3.05. The second-order valence-electron chi connectivity index (χ2n) is 5.29. The second kappa shape index (κ2) is 7.02. The highest BCUT2D eigenvalue weighted by atomic mass is 16.4. The van der Waals surface area contributed by atoms with Crippen LogP contribution in [-0.2, 0) is 11.4 Å². The molecule has 0 aliphatic carbocycles. The predicted octanol–water partition coefficient (Wildman–Crippen LogP) is 3.99. The Morgan fingerprint density at radius 3 is 2.79 bits per heavy atom. The van der Waals surface area contributed by atoms with E-state index in [4.69, 9.17) is 13.9 Å². The molecule has 2 N–H and O–H groups in total. The van der Waals surface area contributed by atoms with E-state index in [-0.39, 0.29) is 12.5 Å². The molecule has 0 fully saturated rings. The van der Waals surface area contributed by atoms with Gasteiger partial charge in [-0.1, -0.05) is 0 Å². The number of carbonyl (C=O) groups excluding carboxylic acids is 1. The summed E-state index contributed by atoms with van der Waals surface area (Å²) < 4.78 is 10.7. The maximum Gasteiger partial charge on any atom is 0.248 e. The van der Waals surface area contributed by atoms with E-state index in [2.05, 4.69) is 5.32 Å². The van der Waals surface area contributed by atoms with Crippen molar-refractivity contribution in [2.45, 2.75) is 13.5 Å². The van der Waals surface area contributed by atoms with Crippen molar-refractivity contribution in [3.63, 3.8) is 0 Å². The van der Waals surface area contributed by atoms with Gasteiger partial charge in [0.05, 0.1) is 6.26 Å². The molecule has 24 heavy (non-hydrogen) atoms. The van der Waals surface area contributed by atoms with Gasteiger partial charge in [0.1, 0.15) is 23.9 Å². The molecular weight excluding hydrogens is 306 g/mol. The number of carbonyl (C=O) groups is 1. The zero-order valence-corrected chi connectivity index (χ0v) is 13.2. The van der Waals surface area contributed by atoms with Crippen LogP contribution in [0.3, 0.4) is 0 Å². The van der Waals surface area contributed by atoms with E-state index >= 15 is 0 Å². The Morgan fingerprint density at radius 1 is 1.25 bits per heavy atom. The number of hydrogen-bond donors (Lipinski definition) is 2. The van der Waals surface area contributed by atoms with Crippen molar-refractivity contribution >= 4 is 17.7 Å². The summed E-state index contributed by atoms with van der Waals surface area (Å²) >= 11 is 0. The summed E-state index contributed by atoms with van der Waals surface area (Å²) in [4.78, 5) is 11.9. The van der Waals surface area contributed by atoms with Gasteiger partial charge in [-0.3, -0.25) is 4.79 Å². The van der Waals surface area contributed by atoms with E-state index in [1.54, 1.807) is 30.5 Å². The minimum Gasteiger partial charge on any atom is -0.465 e. The molecule has 0 saturated carbocycles. The molecule has 1 amide bonds. The molecule has 0 aliphatic rings. The van der Waals surface area contributed by atoms with Crippen LogP contribution >= 0.6 is 0 Å². The first kappa shape index (κ1) is 15.8. The Kier molecular flexibility index (Phi) is 4.63. The molecule has 3 aromatic rings. The predicted molar refractivity (Wildman–Crippen MR) is 91.2 cm³/mol. The van der Waals surface area contributed by atoms with Crippen molar-refractivity contribution in [1.82, 2.24) is 0 Å². The number of nitrogens with one attached hydrogen (secondary N) is 1. The number of rotatable bonds is 5. The highest BCUT2D eigenvalue weighted by Gasteiger charge is 2.08. The van der Waals surface area contributed by atoms with Crippen LogP contribution in [0.25, 0.3) is 17.4 Å². The summed E-state index contributed by atoms with van der Waals surface area (Å²) in [5.41, 5.74) is 2.57. The third-order valence-corrected chi connectivity index (χ3v) is 3.52. The van der Waals surface area contributed by atoms with Gasteiger partial charge in [-0.2, -0.15) is 0 Å². The highest BCUT2D eigenvalue weighted by Crippen LogP contribution is 2.27. The lowest BCUT2D eigenvalue weighted by molar-refractivity contribution is -0.111. The minimum atomic E-state index is -0.237. The second-order valence-corrected chi connectivity index (χ2v) is 5.29. The van der Waals surface area contributed by atoms with Crippen LogP contribution < -0.4 is 5.32 Å². The number of furan rings is 2. The summed E-state index contributed by atoms with van der Waals surface area (Å²) in [5, 5.41) is 11.9. The molecular formula is C19H17NO4. The van der Waals surface area contributed by atoms with Crippen LogP contribution in [0.5, 0.6) is 0 Å². The van der Waals surface area contributed by atoms with E-state index in [0.717, 1.165) is 11.1 Å². The van der Waals surface area contributed by atoms with Gasteiger partial charge < -0.3 is 19.3 Å². The van der Waals surface area contributed by atoms with Crippen molar-refractivity contribution in [1.29, 1.82) is 0 Å². The fourth-order valence-electron chi connectivity index (χ4n) is 2.35. The molecule has 3 rings (SSSR count). The number of benzene rings is 1. The van der Waals surface area contributed by atoms with E-state index in [1.165, 1.54) is 6.08 Å². The molecule has 2 aromatic heterocycles. The van der Waals surface area contributed by atoms with Crippen molar-refractivity contribution < 1.29 is 18.7 Å². The van der Waals surface area contributed by atoms with E-state index < -0.39 is 0 Å². The average Bonchev–Trinajstić information content (AvgIpc) is 3.24. The number of aryl methyl sites for hydroxylation is 1. The lowest BCUT2D eigenvalue weighted by Gasteiger charge is -2.07. The standard InChI is InChI=1S/C19H17NO4/c1-13-11-14(20-19(22)9-6-15-3-2-10-23-15)4-7-17(13)18-8-5-16(12-21)24-18/h2-11,21H,12H2,1H3,(H,20,22)/b9-6+. The number of aliphatic hydroxyl groups excluding tert-OH is 1. The minimum absolute atomic E-state index is 0.130. The van der Waals surface area contributed by atoms with Gasteiger partial charge in [0, 0.05) is 17.3 Å². The monoisotopic (exact) mass is 323 g/mol. The van der Waals surface area contributed by atoms with Gasteiger partial charge in [-0.05, 0) is 61.0 Å². The van der Waals surface area contributed by atoms with E-state index in [9.17, 15) is 4.79 Å². The Morgan fingerprint density at radius 2 is 2.12 bits per heavy atom. The lowest BCUT2D eigenvalue weighted by Crippen LogP contribution is -2.07. The molecule has 5 heteroatoms. The molecule has 0 bridgehead atoms. The molecule has 2 heterocycles. The smallest absolute Gasteiger partial charge is 0.248 e. The normalized spacial score (nSPS) is 11.1. The Bertz CT molecular complexity index is 859. The fraction of sp³-hybridized carbons (Fsp3) is 0.105. The number of anilines is 1. The first-order chi connectivity index (χ1) is 11.7. The third kappa shape index (κ3) is 3.64. The molecule has 122 valence electrons. The van der Waals surface area contributed by atoms with E-state index in [0.29, 0.717) is 23.0 Å². The summed E-state index contributed by atoms with van der Waals surface area (Å²) in [6.45, 7) is 1.81. The van der Waals surface area contributed by atoms with Crippen LogP contribution in [0.4, 0.5) is 5.69 Å². The molecule has 0 saturated heterocycles. The van der Waals surface area contributed by atoms with Gasteiger partial charge in [0.25, 0.3) is 0 Å². The van der Waals surface area contributed by atoms with E-state index in [1.807, 2.05) is 31.2 Å². The van der Waals surface area contributed by atoms with Crippen LogP contribution in [-0.4, -0.2) is 11.0 Å². The van der Waals surface area contributed by atoms with Crippen LogP contribution in [0.1, 0.15) is 17.1 Å². The molecule has 0 radical (unpaired) electrons. The Balaban J connectivity index is 1.71. The van der Waals surface area contributed by atoms with Crippen molar-refractivity contribution in [3.05, 3.63) is 71.9 Å². The molecule has 0 unspecified atom stereocenters. The SMILES string of the molecule is Cc1cc(NC(=O)/C=C/c2ccco2)ccc1-c1ccc(CO)o1. The number of aliphatic hydroxyl groups is 1. The summed E-state index contributed by atoms with van der Waals surface area (Å²) in [7, 11) is 0. The zero-order valence-electron chi connectivity index (χ0n) is 13.2. The van der Waals surface area contributed by atoms with Crippen molar-refractivity contribution in [2.24, 2.45) is 0 Å². The summed E-state index contributed by atoms with van der Waals surface area (Å²) in [6, 6.07) is 12.6. The van der Waals surface area contributed by atoms with Crippen LogP contribution in [0, 0.1) is 6.92 Å². The average molecular weight is 323 g/mol. The lowest BCUT2D eigenvalue weighted by atomic mass is 10.1. The number of hydrogen-bond acceptors (Lipinski definition) is 4. The van der Waals surface area contributed by atoms with Gasteiger partial charge in [-0.25, -0.2) is 0 Å². The molecule has 0 atom stereocenters. The molecule has 0 spiro atoms. The third-order valence-electron chi connectivity index (χ3n) is 3.52. The molecule has 5 nitrogen and oxygen atoms in total. The van der Waals surface area contributed by atoms with Crippen molar-refractivity contribution in [3.8, 4) is 11.3 Å². The molecule has 1 aromatic carbocycles.